The third-order valence-electron chi connectivity index (χ3n) is 8.11. The first-order chi connectivity index (χ1) is 18.4. The van der Waals surface area contributed by atoms with Gasteiger partial charge in [-0.2, -0.15) is 4.98 Å². The van der Waals surface area contributed by atoms with E-state index in [1.54, 1.807) is 0 Å². The fraction of sp³-hybridized carbons (Fsp3) is 0.371. The van der Waals surface area contributed by atoms with Gasteiger partial charge in [0.2, 0.25) is 5.95 Å². The Hall–Kier alpha value is -3.66. The number of nitrogens with one attached hydrogen (secondary N) is 1. The van der Waals surface area contributed by atoms with Crippen molar-refractivity contribution in [3.63, 3.8) is 0 Å². The van der Waals surface area contributed by atoms with Crippen LogP contribution in [-0.4, -0.2) is 9.97 Å². The molecule has 4 nitrogen and oxygen atoms in total. The zero-order valence-electron chi connectivity index (χ0n) is 25.2. The minimum Gasteiger partial charge on any atom is -0.383 e. The largest absolute Gasteiger partial charge is 0.383 e. The van der Waals surface area contributed by atoms with Crippen LogP contribution in [0.5, 0.6) is 0 Å². The number of hydrogen-bond donors (Lipinski definition) is 2. The number of nitrogens with zero attached hydrogens (tertiary/aromatic N) is 2. The summed E-state index contributed by atoms with van der Waals surface area (Å²) in [5.74, 6) is 1.33. The number of rotatable bonds is 7. The van der Waals surface area contributed by atoms with Gasteiger partial charge in [-0.3, -0.25) is 0 Å². The molecule has 4 rings (SSSR count). The number of allylic oxidation sites excluding steroid dienone is 7. The minimum absolute atomic E-state index is 0.0420. The van der Waals surface area contributed by atoms with Gasteiger partial charge in [0.1, 0.15) is 5.82 Å². The molecule has 3 aromatic rings. The Morgan fingerprint density at radius 3 is 2.33 bits per heavy atom. The second kappa shape index (κ2) is 11.2. The van der Waals surface area contributed by atoms with Gasteiger partial charge in [-0.25, -0.2) is 4.98 Å². The van der Waals surface area contributed by atoms with Crippen molar-refractivity contribution in [2.45, 2.75) is 80.6 Å². The van der Waals surface area contributed by atoms with Crippen molar-refractivity contribution in [1.82, 2.24) is 9.97 Å². The van der Waals surface area contributed by atoms with Gasteiger partial charge in [0.25, 0.3) is 0 Å². The highest BCUT2D eigenvalue weighted by Gasteiger charge is 2.22. The van der Waals surface area contributed by atoms with Crippen LogP contribution in [0.25, 0.3) is 22.0 Å². The van der Waals surface area contributed by atoms with Crippen LogP contribution in [0.15, 0.2) is 77.1 Å². The number of benzene rings is 2. The van der Waals surface area contributed by atoms with Gasteiger partial charge in [-0.05, 0) is 80.5 Å². The van der Waals surface area contributed by atoms with Crippen molar-refractivity contribution >= 4 is 22.7 Å². The third-order valence-corrected chi connectivity index (χ3v) is 8.11. The molecule has 0 radical (unpaired) electrons. The molecule has 1 unspecified atom stereocenters. The molecule has 0 bridgehead atoms. The summed E-state index contributed by atoms with van der Waals surface area (Å²) in [6.07, 6.45) is 11.0. The SMILES string of the molecule is CC/C(C)=C1\C=CC(Nc2nc(N)c3cccc(-c4c(C)cc(C(C)(C)/C=C(\C)CC)cc4C)c3n2)=CC1C. The van der Waals surface area contributed by atoms with E-state index in [4.69, 9.17) is 10.7 Å². The summed E-state index contributed by atoms with van der Waals surface area (Å²) in [5.41, 5.74) is 18.6. The Bertz CT molecular complexity index is 1510. The molecule has 1 aliphatic carbocycles. The van der Waals surface area contributed by atoms with Crippen molar-refractivity contribution in [1.29, 1.82) is 0 Å². The molecule has 0 spiro atoms. The molecule has 1 heterocycles. The first-order valence-electron chi connectivity index (χ1n) is 14.2. The van der Waals surface area contributed by atoms with Gasteiger partial charge in [-0.1, -0.05) is 88.3 Å². The van der Waals surface area contributed by atoms with Crippen molar-refractivity contribution in [2.24, 2.45) is 5.92 Å². The molecule has 39 heavy (non-hydrogen) atoms. The first kappa shape index (κ1) is 28.4. The van der Waals surface area contributed by atoms with Gasteiger partial charge in [-0.15, -0.1) is 0 Å². The number of aromatic nitrogens is 2. The summed E-state index contributed by atoms with van der Waals surface area (Å²) < 4.78 is 0. The highest BCUT2D eigenvalue weighted by Crippen LogP contribution is 2.38. The van der Waals surface area contributed by atoms with Crippen LogP contribution in [0.3, 0.4) is 0 Å². The van der Waals surface area contributed by atoms with E-state index in [0.29, 0.717) is 17.7 Å². The van der Waals surface area contributed by atoms with E-state index in [9.17, 15) is 0 Å². The second-order valence-corrected chi connectivity index (χ2v) is 11.6. The summed E-state index contributed by atoms with van der Waals surface area (Å²) in [6, 6.07) is 10.9. The molecular formula is C35H44N4. The fourth-order valence-corrected chi connectivity index (χ4v) is 5.69. The summed E-state index contributed by atoms with van der Waals surface area (Å²) in [6.45, 7) is 20.0. The van der Waals surface area contributed by atoms with Crippen molar-refractivity contribution in [2.75, 3.05) is 11.1 Å². The number of hydrogen-bond acceptors (Lipinski definition) is 4. The van der Waals surface area contributed by atoms with E-state index in [1.165, 1.54) is 39.0 Å². The van der Waals surface area contributed by atoms with E-state index in [0.717, 1.165) is 35.0 Å². The summed E-state index contributed by atoms with van der Waals surface area (Å²) >= 11 is 0. The zero-order valence-corrected chi connectivity index (χ0v) is 25.2. The van der Waals surface area contributed by atoms with Gasteiger partial charge < -0.3 is 11.1 Å². The van der Waals surface area contributed by atoms with Gasteiger partial charge in [0, 0.05) is 28.0 Å². The summed E-state index contributed by atoms with van der Waals surface area (Å²) in [7, 11) is 0. The second-order valence-electron chi connectivity index (χ2n) is 11.6. The molecule has 0 saturated carbocycles. The predicted octanol–water partition coefficient (Wildman–Crippen LogP) is 9.36. The summed E-state index contributed by atoms with van der Waals surface area (Å²) in [4.78, 5) is 9.62. The van der Waals surface area contributed by atoms with Gasteiger partial charge in [0.15, 0.2) is 0 Å². The normalized spacial score (nSPS) is 17.4. The lowest BCUT2D eigenvalue weighted by Crippen LogP contribution is -2.15. The molecule has 0 amide bonds. The number of fused-ring (bicyclic) bond motifs is 1. The maximum absolute atomic E-state index is 6.49. The van der Waals surface area contributed by atoms with Gasteiger partial charge in [0.05, 0.1) is 5.52 Å². The van der Waals surface area contributed by atoms with Crippen molar-refractivity contribution in [3.05, 3.63) is 93.7 Å². The Morgan fingerprint density at radius 1 is 1.03 bits per heavy atom. The number of aryl methyl sites for hydroxylation is 2. The smallest absolute Gasteiger partial charge is 0.229 e. The number of anilines is 2. The van der Waals surface area contributed by atoms with E-state index >= 15 is 0 Å². The first-order valence-corrected chi connectivity index (χ1v) is 14.2. The zero-order chi connectivity index (χ0) is 28.5. The molecule has 4 heteroatoms. The molecule has 0 fully saturated rings. The molecule has 0 aliphatic heterocycles. The average Bonchev–Trinajstić information content (AvgIpc) is 2.88. The molecule has 1 atom stereocenters. The molecule has 1 aliphatic rings. The van der Waals surface area contributed by atoms with E-state index in [-0.39, 0.29) is 5.41 Å². The lowest BCUT2D eigenvalue weighted by molar-refractivity contribution is 0.659. The monoisotopic (exact) mass is 520 g/mol. The number of nitrogens with two attached hydrogens (primary N) is 1. The van der Waals surface area contributed by atoms with Gasteiger partial charge >= 0.3 is 0 Å². The minimum atomic E-state index is -0.0420. The van der Waals surface area contributed by atoms with Crippen LogP contribution in [0.2, 0.25) is 0 Å². The van der Waals surface area contributed by atoms with Crippen LogP contribution >= 0.6 is 0 Å². The fourth-order valence-electron chi connectivity index (χ4n) is 5.69. The lowest BCUT2D eigenvalue weighted by atomic mass is 9.79. The van der Waals surface area contributed by atoms with Crippen LogP contribution in [0.4, 0.5) is 11.8 Å². The Balaban J connectivity index is 1.77. The summed E-state index contributed by atoms with van der Waals surface area (Å²) in [5, 5.41) is 4.29. The Labute approximate surface area is 234 Å². The van der Waals surface area contributed by atoms with E-state index in [2.05, 4.69) is 115 Å². The molecule has 1 aromatic heterocycles. The van der Waals surface area contributed by atoms with Crippen LogP contribution in [0.1, 0.15) is 78.0 Å². The molecule has 2 aromatic carbocycles. The number of nitrogen functional groups attached to an aromatic ring is 1. The van der Waals surface area contributed by atoms with Crippen molar-refractivity contribution in [3.8, 4) is 11.1 Å². The van der Waals surface area contributed by atoms with Crippen LogP contribution in [0, 0.1) is 19.8 Å². The van der Waals surface area contributed by atoms with E-state index < -0.39 is 0 Å². The lowest BCUT2D eigenvalue weighted by Gasteiger charge is -2.25. The highest BCUT2D eigenvalue weighted by molar-refractivity contribution is 6.00. The topological polar surface area (TPSA) is 63.8 Å². The molecule has 0 saturated heterocycles. The maximum Gasteiger partial charge on any atom is 0.229 e. The standard InChI is InChI=1S/C35H44N4/c1-10-21(3)20-35(8,9)26-17-24(6)31(25(7)18-26)29-13-12-14-30-32(29)38-34(39-33(30)36)37-27-15-16-28(22(4)11-2)23(5)19-27/h12-20,23H,10-11H2,1-9H3,(H3,36,37,38,39)/b21-20+,28-22+. The predicted molar refractivity (Wildman–Crippen MR) is 169 cm³/mol. The quantitative estimate of drug-likeness (QED) is 0.305. The Morgan fingerprint density at radius 2 is 1.72 bits per heavy atom. The molecule has 3 N–H and O–H groups in total. The van der Waals surface area contributed by atoms with Crippen molar-refractivity contribution < 1.29 is 0 Å². The van der Waals surface area contributed by atoms with E-state index in [1.807, 2.05) is 12.1 Å². The molecule has 204 valence electrons. The van der Waals surface area contributed by atoms with Crippen LogP contribution in [-0.2, 0) is 5.41 Å². The highest BCUT2D eigenvalue weighted by atomic mass is 15.1. The number of para-hydroxylation sites is 1. The van der Waals surface area contributed by atoms with Crippen LogP contribution < -0.4 is 11.1 Å². The third kappa shape index (κ3) is 5.85. The maximum atomic E-state index is 6.49. The molecular weight excluding hydrogens is 476 g/mol. The average molecular weight is 521 g/mol. The Kier molecular flexibility index (Phi) is 8.15.